The lowest BCUT2D eigenvalue weighted by Crippen LogP contribution is -2.42. The fourth-order valence-electron chi connectivity index (χ4n) is 2.99. The number of piperidine rings is 1. The molecule has 1 aliphatic heterocycles. The van der Waals surface area contributed by atoms with Crippen molar-refractivity contribution in [3.8, 4) is 0 Å². The van der Waals surface area contributed by atoms with Crippen LogP contribution in [0, 0.1) is 0 Å². The smallest absolute Gasteiger partial charge is 0.252 e. The minimum atomic E-state index is -0.0861. The average Bonchev–Trinajstić information content (AvgIpc) is 3.03. The van der Waals surface area contributed by atoms with Gasteiger partial charge in [0, 0.05) is 45.1 Å². The number of anilines is 2. The van der Waals surface area contributed by atoms with E-state index in [0.29, 0.717) is 18.2 Å². The summed E-state index contributed by atoms with van der Waals surface area (Å²) in [6.45, 7) is 4.49. The van der Waals surface area contributed by atoms with Gasteiger partial charge in [0.25, 0.3) is 5.91 Å². The number of rotatable bonds is 5. The Morgan fingerprint density at radius 3 is 2.92 bits per heavy atom. The van der Waals surface area contributed by atoms with Crippen LogP contribution in [0.15, 0.2) is 30.7 Å². The molecule has 7 nitrogen and oxygen atoms in total. The number of amides is 1. The number of carbonyl (C=O) groups excluding carboxylic acids is 1. The summed E-state index contributed by atoms with van der Waals surface area (Å²) in [5.74, 6) is 0.720. The van der Waals surface area contributed by atoms with E-state index in [1.807, 2.05) is 43.2 Å². The predicted molar refractivity (Wildman–Crippen MR) is 94.3 cm³/mol. The van der Waals surface area contributed by atoms with Gasteiger partial charge < -0.3 is 15.5 Å². The quantitative estimate of drug-likeness (QED) is 0.873. The van der Waals surface area contributed by atoms with Crippen LogP contribution in [0.25, 0.3) is 0 Å². The highest BCUT2D eigenvalue weighted by Gasteiger charge is 2.21. The van der Waals surface area contributed by atoms with Crippen molar-refractivity contribution < 1.29 is 4.79 Å². The second-order valence-corrected chi connectivity index (χ2v) is 6.09. The van der Waals surface area contributed by atoms with Crippen molar-refractivity contribution in [2.24, 2.45) is 7.05 Å². The van der Waals surface area contributed by atoms with Gasteiger partial charge in [0.15, 0.2) is 0 Å². The highest BCUT2D eigenvalue weighted by atomic mass is 16.1. The van der Waals surface area contributed by atoms with Crippen molar-refractivity contribution in [2.45, 2.75) is 25.8 Å². The van der Waals surface area contributed by atoms with Gasteiger partial charge in [0.1, 0.15) is 5.82 Å². The van der Waals surface area contributed by atoms with Crippen molar-refractivity contribution >= 4 is 17.4 Å². The van der Waals surface area contributed by atoms with Gasteiger partial charge in [-0.25, -0.2) is 4.98 Å². The average molecular weight is 328 g/mol. The Labute approximate surface area is 142 Å². The number of nitrogens with one attached hydrogen (secondary N) is 2. The first-order valence-electron chi connectivity index (χ1n) is 8.40. The lowest BCUT2D eigenvalue weighted by Gasteiger charge is -2.34. The molecule has 0 aromatic carbocycles. The van der Waals surface area contributed by atoms with E-state index in [9.17, 15) is 4.79 Å². The molecule has 1 saturated heterocycles. The summed E-state index contributed by atoms with van der Waals surface area (Å²) in [4.78, 5) is 18.5. The third-order valence-corrected chi connectivity index (χ3v) is 4.19. The van der Waals surface area contributed by atoms with Crippen molar-refractivity contribution in [2.75, 3.05) is 29.9 Å². The predicted octanol–water partition coefficient (Wildman–Crippen LogP) is 1.65. The first-order valence-corrected chi connectivity index (χ1v) is 8.40. The van der Waals surface area contributed by atoms with Crippen LogP contribution in [-0.4, -0.2) is 46.3 Å². The van der Waals surface area contributed by atoms with E-state index >= 15 is 0 Å². The first-order chi connectivity index (χ1) is 11.7. The topological polar surface area (TPSA) is 75.1 Å². The van der Waals surface area contributed by atoms with Gasteiger partial charge in [-0.05, 0) is 31.9 Å². The summed E-state index contributed by atoms with van der Waals surface area (Å²) >= 11 is 0. The number of hydrogen-bond donors (Lipinski definition) is 2. The molecule has 2 aromatic heterocycles. The Balaban J connectivity index is 1.60. The Bertz CT molecular complexity index is 681. The normalized spacial score (nSPS) is 17.6. The van der Waals surface area contributed by atoms with Gasteiger partial charge >= 0.3 is 0 Å². The highest BCUT2D eigenvalue weighted by Crippen LogP contribution is 2.21. The van der Waals surface area contributed by atoms with Crippen LogP contribution in [0.5, 0.6) is 0 Å². The lowest BCUT2D eigenvalue weighted by molar-refractivity contribution is 0.0955. The van der Waals surface area contributed by atoms with Crippen LogP contribution in [-0.2, 0) is 7.05 Å². The molecule has 24 heavy (non-hydrogen) atoms. The summed E-state index contributed by atoms with van der Waals surface area (Å²) < 4.78 is 1.83. The molecule has 1 amide bonds. The lowest BCUT2D eigenvalue weighted by atomic mass is 10.1. The van der Waals surface area contributed by atoms with E-state index in [4.69, 9.17) is 0 Å². The molecule has 1 aliphatic rings. The van der Waals surface area contributed by atoms with Crippen LogP contribution >= 0.6 is 0 Å². The van der Waals surface area contributed by atoms with Gasteiger partial charge in [-0.3, -0.25) is 9.48 Å². The first kappa shape index (κ1) is 16.3. The summed E-state index contributed by atoms with van der Waals surface area (Å²) in [7, 11) is 1.93. The maximum atomic E-state index is 11.8. The zero-order chi connectivity index (χ0) is 16.9. The number of carbonyl (C=O) groups is 1. The van der Waals surface area contributed by atoms with E-state index in [1.165, 1.54) is 0 Å². The Morgan fingerprint density at radius 2 is 2.25 bits per heavy atom. The number of hydrogen-bond acceptors (Lipinski definition) is 5. The molecule has 1 atom stereocenters. The van der Waals surface area contributed by atoms with E-state index in [2.05, 4.69) is 25.6 Å². The summed E-state index contributed by atoms with van der Waals surface area (Å²) in [5, 5.41) is 10.5. The standard InChI is InChI=1S/C17H24N6O/c1-3-18-17(24)13-6-7-16(19-9-13)21-14-5-4-8-23(11-14)15-10-20-22(2)12-15/h6-7,9-10,12,14H,3-5,8,11H2,1-2H3,(H,18,24)(H,19,21). The van der Waals surface area contributed by atoms with Crippen LogP contribution in [0.3, 0.4) is 0 Å². The molecule has 128 valence electrons. The molecular formula is C17H24N6O. The Hall–Kier alpha value is -2.57. The van der Waals surface area contributed by atoms with Gasteiger partial charge in [-0.15, -0.1) is 0 Å². The molecule has 3 heterocycles. The van der Waals surface area contributed by atoms with Gasteiger partial charge in [0.2, 0.25) is 0 Å². The van der Waals surface area contributed by atoms with Crippen LogP contribution in [0.4, 0.5) is 11.5 Å². The van der Waals surface area contributed by atoms with E-state index in [1.54, 1.807) is 6.20 Å². The third-order valence-electron chi connectivity index (χ3n) is 4.19. The summed E-state index contributed by atoms with van der Waals surface area (Å²) in [6, 6.07) is 4.01. The summed E-state index contributed by atoms with van der Waals surface area (Å²) in [5.41, 5.74) is 1.74. The van der Waals surface area contributed by atoms with Gasteiger partial charge in [0.05, 0.1) is 17.4 Å². The maximum absolute atomic E-state index is 11.8. The molecule has 1 fully saturated rings. The summed E-state index contributed by atoms with van der Waals surface area (Å²) in [6.07, 6.45) is 7.80. The number of aromatic nitrogens is 3. The van der Waals surface area contributed by atoms with Crippen LogP contribution in [0.2, 0.25) is 0 Å². The number of pyridine rings is 1. The molecule has 1 unspecified atom stereocenters. The molecule has 3 rings (SSSR count). The third kappa shape index (κ3) is 3.84. The molecule has 0 radical (unpaired) electrons. The van der Waals surface area contributed by atoms with Crippen molar-refractivity contribution in [3.05, 3.63) is 36.3 Å². The zero-order valence-electron chi connectivity index (χ0n) is 14.2. The van der Waals surface area contributed by atoms with Crippen LogP contribution < -0.4 is 15.5 Å². The minimum absolute atomic E-state index is 0.0861. The molecule has 0 saturated carbocycles. The van der Waals surface area contributed by atoms with Crippen molar-refractivity contribution in [1.29, 1.82) is 0 Å². The van der Waals surface area contributed by atoms with E-state index in [-0.39, 0.29) is 5.91 Å². The largest absolute Gasteiger partial charge is 0.367 e. The highest BCUT2D eigenvalue weighted by molar-refractivity contribution is 5.93. The fraction of sp³-hybridized carbons (Fsp3) is 0.471. The minimum Gasteiger partial charge on any atom is -0.367 e. The van der Waals surface area contributed by atoms with Gasteiger partial charge in [-0.2, -0.15) is 5.10 Å². The fourth-order valence-corrected chi connectivity index (χ4v) is 2.99. The molecule has 2 N–H and O–H groups in total. The van der Waals surface area contributed by atoms with Crippen LogP contribution in [0.1, 0.15) is 30.1 Å². The molecule has 0 bridgehead atoms. The molecule has 0 spiro atoms. The Kier molecular flexibility index (Phi) is 4.98. The molecule has 2 aromatic rings. The molecule has 7 heteroatoms. The number of aryl methyl sites for hydroxylation is 1. The SMILES string of the molecule is CCNC(=O)c1ccc(NC2CCCN(c3cnn(C)c3)C2)nc1. The second kappa shape index (κ2) is 7.33. The maximum Gasteiger partial charge on any atom is 0.252 e. The second-order valence-electron chi connectivity index (χ2n) is 6.09. The molecule has 0 aliphatic carbocycles. The van der Waals surface area contributed by atoms with E-state index < -0.39 is 0 Å². The van der Waals surface area contributed by atoms with Gasteiger partial charge in [-0.1, -0.05) is 0 Å². The number of nitrogens with zero attached hydrogens (tertiary/aromatic N) is 4. The monoisotopic (exact) mass is 328 g/mol. The Morgan fingerprint density at radius 1 is 1.38 bits per heavy atom. The van der Waals surface area contributed by atoms with Crippen molar-refractivity contribution in [3.63, 3.8) is 0 Å². The van der Waals surface area contributed by atoms with E-state index in [0.717, 1.165) is 37.4 Å². The molecular weight excluding hydrogens is 304 g/mol. The zero-order valence-corrected chi connectivity index (χ0v) is 14.2. The van der Waals surface area contributed by atoms with Crippen molar-refractivity contribution in [1.82, 2.24) is 20.1 Å².